The number of aryl methyl sites for hydroxylation is 2. The van der Waals surface area contributed by atoms with Crippen LogP contribution in [-0.2, 0) is 13.6 Å². The van der Waals surface area contributed by atoms with Crippen molar-refractivity contribution < 1.29 is 8.78 Å². The topological polar surface area (TPSA) is 61.7 Å². The van der Waals surface area contributed by atoms with Crippen molar-refractivity contribution in [2.45, 2.75) is 13.5 Å². The van der Waals surface area contributed by atoms with Crippen LogP contribution in [0.15, 0.2) is 18.3 Å². The number of imidazole rings is 1. The second kappa shape index (κ2) is 4.29. The molecule has 0 radical (unpaired) electrons. The van der Waals surface area contributed by atoms with Crippen molar-refractivity contribution in [2.75, 3.05) is 5.73 Å². The molecule has 1 aromatic carbocycles. The Hall–Kier alpha value is -2.44. The zero-order chi connectivity index (χ0) is 14.4. The van der Waals surface area contributed by atoms with Gasteiger partial charge in [0.15, 0.2) is 5.82 Å². The van der Waals surface area contributed by atoms with Gasteiger partial charge in [-0.1, -0.05) is 0 Å². The molecule has 20 heavy (non-hydrogen) atoms. The van der Waals surface area contributed by atoms with Gasteiger partial charge in [0, 0.05) is 30.9 Å². The van der Waals surface area contributed by atoms with E-state index in [9.17, 15) is 8.78 Å². The van der Waals surface area contributed by atoms with Crippen LogP contribution in [0.25, 0.3) is 11.0 Å². The highest BCUT2D eigenvalue weighted by atomic mass is 19.1. The summed E-state index contributed by atoms with van der Waals surface area (Å²) in [5, 5.41) is 4.23. The van der Waals surface area contributed by atoms with E-state index in [1.54, 1.807) is 9.25 Å². The lowest BCUT2D eigenvalue weighted by atomic mass is 10.2. The number of nitrogen functional groups attached to an aromatic ring is 1. The molecule has 0 saturated heterocycles. The summed E-state index contributed by atoms with van der Waals surface area (Å²) in [7, 11) is 1.81. The van der Waals surface area contributed by atoms with Crippen molar-refractivity contribution in [1.82, 2.24) is 19.3 Å². The predicted octanol–water partition coefficient (Wildman–Crippen LogP) is 1.99. The minimum absolute atomic E-state index is 0.0745. The Balaban J connectivity index is 2.16. The third-order valence-electron chi connectivity index (χ3n) is 3.25. The Morgan fingerprint density at radius 1 is 1.30 bits per heavy atom. The average molecular weight is 277 g/mol. The molecule has 0 atom stereocenters. The number of nitrogens with zero attached hydrogens (tertiary/aromatic N) is 4. The molecule has 0 fully saturated rings. The SMILES string of the molecule is Cc1nn(C)cc1Cn1c(N)nc2c(F)cc(F)cc21. The van der Waals surface area contributed by atoms with E-state index in [0.29, 0.717) is 12.1 Å². The lowest BCUT2D eigenvalue weighted by Gasteiger charge is -2.05. The van der Waals surface area contributed by atoms with Crippen LogP contribution in [-0.4, -0.2) is 19.3 Å². The first-order valence-corrected chi connectivity index (χ1v) is 6.05. The van der Waals surface area contributed by atoms with E-state index in [1.165, 1.54) is 6.07 Å². The largest absolute Gasteiger partial charge is 0.369 e. The Kier molecular flexibility index (Phi) is 2.70. The molecule has 0 unspecified atom stereocenters. The molecule has 2 heterocycles. The molecular weight excluding hydrogens is 264 g/mol. The Bertz CT molecular complexity index is 803. The number of rotatable bonds is 2. The fourth-order valence-corrected chi connectivity index (χ4v) is 2.31. The van der Waals surface area contributed by atoms with Gasteiger partial charge in [-0.15, -0.1) is 0 Å². The van der Waals surface area contributed by atoms with E-state index in [2.05, 4.69) is 10.1 Å². The smallest absolute Gasteiger partial charge is 0.201 e. The lowest BCUT2D eigenvalue weighted by molar-refractivity contribution is 0.590. The monoisotopic (exact) mass is 277 g/mol. The molecule has 0 aliphatic heterocycles. The first-order valence-electron chi connectivity index (χ1n) is 6.05. The van der Waals surface area contributed by atoms with Gasteiger partial charge in [-0.3, -0.25) is 4.68 Å². The van der Waals surface area contributed by atoms with Crippen LogP contribution in [0.1, 0.15) is 11.3 Å². The Labute approximate surface area is 113 Å². The van der Waals surface area contributed by atoms with Crippen molar-refractivity contribution in [2.24, 2.45) is 7.05 Å². The summed E-state index contributed by atoms with van der Waals surface area (Å²) < 4.78 is 30.3. The van der Waals surface area contributed by atoms with E-state index >= 15 is 0 Å². The molecule has 0 aliphatic rings. The van der Waals surface area contributed by atoms with Crippen molar-refractivity contribution in [3.05, 3.63) is 41.2 Å². The third-order valence-corrected chi connectivity index (χ3v) is 3.25. The van der Waals surface area contributed by atoms with Crippen LogP contribution in [0, 0.1) is 18.6 Å². The minimum Gasteiger partial charge on any atom is -0.369 e. The maximum Gasteiger partial charge on any atom is 0.201 e. The highest BCUT2D eigenvalue weighted by Gasteiger charge is 2.15. The summed E-state index contributed by atoms with van der Waals surface area (Å²) in [5.74, 6) is -1.22. The van der Waals surface area contributed by atoms with Gasteiger partial charge in [-0.2, -0.15) is 5.10 Å². The molecule has 0 amide bonds. The molecule has 2 N–H and O–H groups in total. The number of benzene rings is 1. The number of hydrogen-bond donors (Lipinski definition) is 1. The van der Waals surface area contributed by atoms with E-state index < -0.39 is 11.6 Å². The predicted molar refractivity (Wildman–Crippen MR) is 71.1 cm³/mol. The molecular formula is C13H13F2N5. The average Bonchev–Trinajstić information content (AvgIpc) is 2.82. The summed E-state index contributed by atoms with van der Waals surface area (Å²) in [6, 6.07) is 2.03. The maximum atomic E-state index is 13.7. The van der Waals surface area contributed by atoms with E-state index in [4.69, 9.17) is 5.73 Å². The Morgan fingerprint density at radius 3 is 2.70 bits per heavy atom. The molecule has 0 bridgehead atoms. The summed E-state index contributed by atoms with van der Waals surface area (Å²) in [5.41, 5.74) is 7.98. The van der Waals surface area contributed by atoms with Crippen molar-refractivity contribution in [3.8, 4) is 0 Å². The summed E-state index contributed by atoms with van der Waals surface area (Å²) in [4.78, 5) is 3.96. The number of fused-ring (bicyclic) bond motifs is 1. The van der Waals surface area contributed by atoms with Gasteiger partial charge in [0.2, 0.25) is 5.95 Å². The molecule has 3 aromatic rings. The van der Waals surface area contributed by atoms with Gasteiger partial charge in [0.1, 0.15) is 11.3 Å². The number of halogens is 2. The number of nitrogens with two attached hydrogens (primary N) is 1. The lowest BCUT2D eigenvalue weighted by Crippen LogP contribution is -2.05. The van der Waals surface area contributed by atoms with Crippen LogP contribution in [0.4, 0.5) is 14.7 Å². The Morgan fingerprint density at radius 2 is 2.05 bits per heavy atom. The highest BCUT2D eigenvalue weighted by molar-refractivity contribution is 5.79. The normalized spacial score (nSPS) is 11.4. The zero-order valence-corrected chi connectivity index (χ0v) is 11.1. The first kappa shape index (κ1) is 12.6. The van der Waals surface area contributed by atoms with E-state index in [-0.39, 0.29) is 11.5 Å². The van der Waals surface area contributed by atoms with E-state index in [1.807, 2.05) is 20.2 Å². The summed E-state index contributed by atoms with van der Waals surface area (Å²) in [6.07, 6.45) is 1.84. The van der Waals surface area contributed by atoms with E-state index in [0.717, 1.165) is 17.3 Å². The minimum atomic E-state index is -0.714. The van der Waals surface area contributed by atoms with Gasteiger partial charge in [-0.05, 0) is 6.92 Å². The molecule has 7 heteroatoms. The summed E-state index contributed by atoms with van der Waals surface area (Å²) in [6.45, 7) is 2.23. The van der Waals surface area contributed by atoms with Gasteiger partial charge in [-0.25, -0.2) is 13.8 Å². The molecule has 0 aliphatic carbocycles. The molecule has 0 saturated carbocycles. The highest BCUT2D eigenvalue weighted by Crippen LogP contribution is 2.23. The molecule has 5 nitrogen and oxygen atoms in total. The number of anilines is 1. The van der Waals surface area contributed by atoms with Gasteiger partial charge < -0.3 is 10.3 Å². The van der Waals surface area contributed by atoms with Crippen molar-refractivity contribution in [3.63, 3.8) is 0 Å². The standard InChI is InChI=1S/C13H13F2N5/c1-7-8(5-19(2)18-7)6-20-11-4-9(14)3-10(15)12(11)17-13(20)16/h3-5H,6H2,1-2H3,(H2,16,17). The molecule has 0 spiro atoms. The zero-order valence-electron chi connectivity index (χ0n) is 11.1. The fraction of sp³-hybridized carbons (Fsp3) is 0.231. The molecule has 104 valence electrons. The molecule has 3 rings (SSSR count). The number of aromatic nitrogens is 4. The van der Waals surface area contributed by atoms with Gasteiger partial charge in [0.25, 0.3) is 0 Å². The second-order valence-corrected chi connectivity index (χ2v) is 4.72. The first-order chi connectivity index (χ1) is 9.45. The van der Waals surface area contributed by atoms with Crippen LogP contribution in [0.3, 0.4) is 0 Å². The molecule has 2 aromatic heterocycles. The van der Waals surface area contributed by atoms with Crippen LogP contribution >= 0.6 is 0 Å². The van der Waals surface area contributed by atoms with Crippen LogP contribution in [0.2, 0.25) is 0 Å². The maximum absolute atomic E-state index is 13.7. The quantitative estimate of drug-likeness (QED) is 0.779. The third kappa shape index (κ3) is 1.91. The number of hydrogen-bond acceptors (Lipinski definition) is 3. The van der Waals surface area contributed by atoms with Gasteiger partial charge in [0.05, 0.1) is 17.8 Å². The van der Waals surface area contributed by atoms with Gasteiger partial charge >= 0.3 is 0 Å². The second-order valence-electron chi connectivity index (χ2n) is 4.72. The van der Waals surface area contributed by atoms with Crippen molar-refractivity contribution in [1.29, 1.82) is 0 Å². The van der Waals surface area contributed by atoms with Crippen molar-refractivity contribution >= 4 is 17.0 Å². The summed E-state index contributed by atoms with van der Waals surface area (Å²) >= 11 is 0. The van der Waals surface area contributed by atoms with Crippen LogP contribution in [0.5, 0.6) is 0 Å². The fourth-order valence-electron chi connectivity index (χ4n) is 2.31. The van der Waals surface area contributed by atoms with Crippen LogP contribution < -0.4 is 5.73 Å².